The Kier molecular flexibility index (Phi) is 5.07. The highest BCUT2D eigenvalue weighted by atomic mass is 15.0. The third-order valence-electron chi connectivity index (χ3n) is 6.91. The van der Waals surface area contributed by atoms with Crippen molar-refractivity contribution in [3.63, 3.8) is 0 Å². The van der Waals surface area contributed by atoms with Gasteiger partial charge in [0.2, 0.25) is 0 Å². The Labute approximate surface area is 214 Å². The molecular formula is C33H22N4. The van der Waals surface area contributed by atoms with Crippen LogP contribution < -0.4 is 0 Å². The minimum atomic E-state index is 1.13. The molecule has 0 aliphatic heterocycles. The summed E-state index contributed by atoms with van der Waals surface area (Å²) >= 11 is 0. The van der Waals surface area contributed by atoms with Gasteiger partial charge in [-0.2, -0.15) is 0 Å². The molecule has 0 aliphatic carbocycles. The summed E-state index contributed by atoms with van der Waals surface area (Å²) in [5, 5.41) is 2.43. The van der Waals surface area contributed by atoms with E-state index < -0.39 is 0 Å². The summed E-state index contributed by atoms with van der Waals surface area (Å²) in [5.41, 5.74) is 10.4. The summed E-state index contributed by atoms with van der Waals surface area (Å²) < 4.78 is 2.36. The molecule has 0 N–H and O–H groups in total. The number of hydrogen-bond acceptors (Lipinski definition) is 3. The number of rotatable bonds is 4. The zero-order valence-corrected chi connectivity index (χ0v) is 20.0. The summed E-state index contributed by atoms with van der Waals surface area (Å²) in [6, 6.07) is 34.5. The Bertz CT molecular complexity index is 1760. The number of benzene rings is 3. The molecule has 174 valence electrons. The summed E-state index contributed by atoms with van der Waals surface area (Å²) in [6.07, 6.45) is 11.0. The number of pyridine rings is 3. The zero-order valence-electron chi connectivity index (χ0n) is 20.0. The third kappa shape index (κ3) is 3.76. The predicted octanol–water partition coefficient (Wildman–Crippen LogP) is 7.97. The second-order valence-electron chi connectivity index (χ2n) is 9.06. The molecule has 0 amide bonds. The highest BCUT2D eigenvalue weighted by Gasteiger charge is 2.15. The maximum atomic E-state index is 4.19. The normalized spacial score (nSPS) is 11.2. The molecule has 4 heteroatoms. The molecule has 4 heterocycles. The van der Waals surface area contributed by atoms with Gasteiger partial charge in [0, 0.05) is 53.6 Å². The Hall–Kier alpha value is -5.09. The SMILES string of the molecule is c1cc(-c2ccncc2)cc(-n2c3ccc(-c4ccncc4)cc3c3cc(-c4ccncc4)ccc32)c1. The molecule has 0 spiro atoms. The average molecular weight is 475 g/mol. The molecule has 0 atom stereocenters. The molecule has 0 unspecified atom stereocenters. The van der Waals surface area contributed by atoms with Crippen LogP contribution in [0.15, 0.2) is 134 Å². The lowest BCUT2D eigenvalue weighted by molar-refractivity contribution is 1.18. The molecular weight excluding hydrogens is 452 g/mol. The van der Waals surface area contributed by atoms with Crippen molar-refractivity contribution in [1.82, 2.24) is 19.5 Å². The van der Waals surface area contributed by atoms with Gasteiger partial charge >= 0.3 is 0 Å². The van der Waals surface area contributed by atoms with E-state index in [0.717, 1.165) is 27.9 Å². The van der Waals surface area contributed by atoms with E-state index >= 15 is 0 Å². The van der Waals surface area contributed by atoms with E-state index in [1.807, 2.05) is 49.3 Å². The smallest absolute Gasteiger partial charge is 0.0541 e. The monoisotopic (exact) mass is 474 g/mol. The van der Waals surface area contributed by atoms with Crippen molar-refractivity contribution < 1.29 is 0 Å². The standard InChI is InChI=1S/C33H22N4/c1-2-26(23-8-14-34-15-9-23)20-29(3-1)37-32-6-4-27(24-10-16-35-17-11-24)21-30(32)31-22-28(5-7-33(31)37)25-12-18-36-19-13-25/h1-22H. The lowest BCUT2D eigenvalue weighted by Crippen LogP contribution is -1.94. The van der Waals surface area contributed by atoms with Crippen molar-refractivity contribution in [2.24, 2.45) is 0 Å². The summed E-state index contributed by atoms with van der Waals surface area (Å²) in [5.74, 6) is 0. The van der Waals surface area contributed by atoms with Crippen LogP contribution in [-0.4, -0.2) is 19.5 Å². The predicted molar refractivity (Wildman–Crippen MR) is 150 cm³/mol. The minimum absolute atomic E-state index is 1.13. The molecule has 7 aromatic rings. The first kappa shape index (κ1) is 21.2. The number of aromatic nitrogens is 4. The van der Waals surface area contributed by atoms with E-state index in [-0.39, 0.29) is 0 Å². The Balaban J connectivity index is 1.50. The van der Waals surface area contributed by atoms with Gasteiger partial charge in [-0.1, -0.05) is 24.3 Å². The molecule has 0 saturated carbocycles. The van der Waals surface area contributed by atoms with Crippen LogP contribution in [0, 0.1) is 0 Å². The van der Waals surface area contributed by atoms with E-state index in [0.29, 0.717) is 0 Å². The topological polar surface area (TPSA) is 43.6 Å². The maximum absolute atomic E-state index is 4.19. The molecule has 3 aromatic carbocycles. The van der Waals surface area contributed by atoms with E-state index in [2.05, 4.69) is 104 Å². The van der Waals surface area contributed by atoms with Crippen molar-refractivity contribution in [2.75, 3.05) is 0 Å². The van der Waals surface area contributed by atoms with Gasteiger partial charge in [-0.25, -0.2) is 0 Å². The number of fused-ring (bicyclic) bond motifs is 3. The molecule has 4 nitrogen and oxygen atoms in total. The Morgan fingerprint density at radius 2 is 0.811 bits per heavy atom. The van der Waals surface area contributed by atoms with Gasteiger partial charge in [-0.05, 0) is 106 Å². The van der Waals surface area contributed by atoms with E-state index in [1.165, 1.54) is 32.9 Å². The highest BCUT2D eigenvalue weighted by Crippen LogP contribution is 2.37. The fourth-order valence-corrected chi connectivity index (χ4v) is 5.12. The van der Waals surface area contributed by atoms with Crippen molar-refractivity contribution >= 4 is 21.8 Å². The number of nitrogens with zero attached hydrogens (tertiary/aromatic N) is 4. The molecule has 7 rings (SSSR count). The minimum Gasteiger partial charge on any atom is -0.309 e. The van der Waals surface area contributed by atoms with Gasteiger partial charge in [0.25, 0.3) is 0 Å². The molecule has 0 aliphatic rings. The van der Waals surface area contributed by atoms with Crippen LogP contribution in [0.1, 0.15) is 0 Å². The van der Waals surface area contributed by atoms with Crippen LogP contribution in [0.3, 0.4) is 0 Å². The van der Waals surface area contributed by atoms with Gasteiger partial charge in [0.15, 0.2) is 0 Å². The molecule has 37 heavy (non-hydrogen) atoms. The quantitative estimate of drug-likeness (QED) is 0.260. The average Bonchev–Trinajstić information content (AvgIpc) is 3.31. The lowest BCUT2D eigenvalue weighted by Gasteiger charge is -2.11. The van der Waals surface area contributed by atoms with Crippen LogP contribution in [0.25, 0.3) is 60.9 Å². The Morgan fingerprint density at radius 3 is 1.27 bits per heavy atom. The van der Waals surface area contributed by atoms with Crippen LogP contribution in [0.2, 0.25) is 0 Å². The van der Waals surface area contributed by atoms with Crippen molar-refractivity contribution in [3.8, 4) is 39.1 Å². The second-order valence-corrected chi connectivity index (χ2v) is 9.06. The first-order valence-electron chi connectivity index (χ1n) is 12.2. The summed E-state index contributed by atoms with van der Waals surface area (Å²) in [4.78, 5) is 12.6. The van der Waals surface area contributed by atoms with Gasteiger partial charge in [-0.15, -0.1) is 0 Å². The van der Waals surface area contributed by atoms with Crippen LogP contribution in [0.5, 0.6) is 0 Å². The highest BCUT2D eigenvalue weighted by molar-refractivity contribution is 6.11. The first-order valence-corrected chi connectivity index (χ1v) is 12.2. The second kappa shape index (κ2) is 8.85. The van der Waals surface area contributed by atoms with Gasteiger partial charge < -0.3 is 4.57 Å². The molecule has 0 bridgehead atoms. The molecule has 0 fully saturated rings. The molecule has 0 radical (unpaired) electrons. The van der Waals surface area contributed by atoms with Crippen LogP contribution in [0.4, 0.5) is 0 Å². The molecule has 4 aromatic heterocycles. The molecule has 0 saturated heterocycles. The van der Waals surface area contributed by atoms with Gasteiger partial charge in [-0.3, -0.25) is 15.0 Å². The van der Waals surface area contributed by atoms with Crippen LogP contribution >= 0.6 is 0 Å². The van der Waals surface area contributed by atoms with Crippen LogP contribution in [-0.2, 0) is 0 Å². The third-order valence-corrected chi connectivity index (χ3v) is 6.91. The zero-order chi connectivity index (χ0) is 24.6. The van der Waals surface area contributed by atoms with E-state index in [4.69, 9.17) is 0 Å². The lowest BCUT2D eigenvalue weighted by atomic mass is 10.0. The van der Waals surface area contributed by atoms with Gasteiger partial charge in [0.1, 0.15) is 0 Å². The largest absolute Gasteiger partial charge is 0.309 e. The van der Waals surface area contributed by atoms with E-state index in [1.54, 1.807) is 0 Å². The summed E-state index contributed by atoms with van der Waals surface area (Å²) in [6.45, 7) is 0. The number of hydrogen-bond donors (Lipinski definition) is 0. The fourth-order valence-electron chi connectivity index (χ4n) is 5.12. The van der Waals surface area contributed by atoms with Crippen molar-refractivity contribution in [2.45, 2.75) is 0 Å². The van der Waals surface area contributed by atoms with Crippen molar-refractivity contribution in [3.05, 3.63) is 134 Å². The Morgan fingerprint density at radius 1 is 0.378 bits per heavy atom. The van der Waals surface area contributed by atoms with E-state index in [9.17, 15) is 0 Å². The first-order chi connectivity index (χ1) is 18.3. The van der Waals surface area contributed by atoms with Gasteiger partial charge in [0.05, 0.1) is 11.0 Å². The maximum Gasteiger partial charge on any atom is 0.0541 e. The fraction of sp³-hybridized carbons (Fsp3) is 0. The summed E-state index contributed by atoms with van der Waals surface area (Å²) in [7, 11) is 0. The van der Waals surface area contributed by atoms with Crippen molar-refractivity contribution in [1.29, 1.82) is 0 Å².